The lowest BCUT2D eigenvalue weighted by Crippen LogP contribution is -2.20. The fraction of sp³-hybridized carbons (Fsp3) is 0.0769. The molecule has 0 aliphatic rings. The van der Waals surface area contributed by atoms with Gasteiger partial charge in [0.15, 0.2) is 0 Å². The Morgan fingerprint density at radius 1 is 1.09 bits per heavy atom. The number of nitrogens with zero attached hydrogens (tertiary/aromatic N) is 1. The number of amides is 2. The highest BCUT2D eigenvalue weighted by molar-refractivity contribution is 6.29. The number of nitrogens with one attached hydrogen (secondary N) is 2. The summed E-state index contributed by atoms with van der Waals surface area (Å²) in [5.41, 5.74) is -1.36. The lowest BCUT2D eigenvalue weighted by atomic mass is 10.2. The van der Waals surface area contributed by atoms with Crippen LogP contribution in [0.4, 0.5) is 33.7 Å². The molecule has 0 saturated heterocycles. The van der Waals surface area contributed by atoms with Crippen molar-refractivity contribution < 1.29 is 22.4 Å². The molecule has 116 valence electrons. The van der Waals surface area contributed by atoms with Crippen LogP contribution in [0, 0.1) is 5.82 Å². The number of anilines is 2. The monoisotopic (exact) mass is 333 g/mol. The molecule has 2 aromatic rings. The first kappa shape index (κ1) is 16.0. The molecule has 0 aliphatic carbocycles. The predicted octanol–water partition coefficient (Wildman–Crippen LogP) is 4.54. The van der Waals surface area contributed by atoms with Crippen LogP contribution >= 0.6 is 11.6 Å². The molecule has 4 nitrogen and oxygen atoms in total. The summed E-state index contributed by atoms with van der Waals surface area (Å²) in [6.07, 6.45) is -3.51. The minimum Gasteiger partial charge on any atom is -0.308 e. The van der Waals surface area contributed by atoms with Crippen molar-refractivity contribution >= 4 is 29.0 Å². The van der Waals surface area contributed by atoms with Gasteiger partial charge in [0.2, 0.25) is 0 Å². The highest BCUT2D eigenvalue weighted by Gasteiger charge is 2.34. The molecule has 0 fully saturated rings. The van der Waals surface area contributed by atoms with Crippen molar-refractivity contribution in [2.24, 2.45) is 0 Å². The van der Waals surface area contributed by atoms with Crippen molar-refractivity contribution in [3.63, 3.8) is 0 Å². The van der Waals surface area contributed by atoms with Gasteiger partial charge in [-0.05, 0) is 30.3 Å². The molecule has 0 aliphatic heterocycles. The zero-order valence-electron chi connectivity index (χ0n) is 10.7. The number of urea groups is 1. The number of pyridine rings is 1. The first-order valence-corrected chi connectivity index (χ1v) is 6.20. The van der Waals surface area contributed by atoms with Crippen LogP contribution in [0.5, 0.6) is 0 Å². The molecule has 2 amide bonds. The van der Waals surface area contributed by atoms with E-state index in [0.29, 0.717) is 17.8 Å². The molecule has 2 rings (SSSR count). The zero-order chi connectivity index (χ0) is 16.3. The van der Waals surface area contributed by atoms with E-state index in [1.807, 2.05) is 0 Å². The summed E-state index contributed by atoms with van der Waals surface area (Å²) in [4.78, 5) is 15.4. The van der Waals surface area contributed by atoms with E-state index < -0.39 is 23.6 Å². The molecule has 1 aromatic carbocycles. The van der Waals surface area contributed by atoms with Gasteiger partial charge in [-0.15, -0.1) is 0 Å². The topological polar surface area (TPSA) is 54.0 Å². The summed E-state index contributed by atoms with van der Waals surface area (Å²) in [7, 11) is 0. The lowest BCUT2D eigenvalue weighted by molar-refractivity contribution is -0.139. The number of carbonyl (C=O) groups is 1. The number of alkyl halides is 3. The van der Waals surface area contributed by atoms with Gasteiger partial charge in [-0.1, -0.05) is 11.6 Å². The van der Waals surface area contributed by atoms with Crippen molar-refractivity contribution in [3.05, 3.63) is 53.1 Å². The Labute approximate surface area is 127 Å². The zero-order valence-corrected chi connectivity index (χ0v) is 11.5. The van der Waals surface area contributed by atoms with E-state index in [1.165, 1.54) is 18.3 Å². The Kier molecular flexibility index (Phi) is 4.51. The van der Waals surface area contributed by atoms with Gasteiger partial charge in [-0.3, -0.25) is 0 Å². The number of hydrogen-bond acceptors (Lipinski definition) is 2. The minimum absolute atomic E-state index is 0.138. The Bertz CT molecular complexity index is 706. The van der Waals surface area contributed by atoms with Crippen molar-refractivity contribution in [2.45, 2.75) is 6.18 Å². The number of halogens is 5. The van der Waals surface area contributed by atoms with Crippen molar-refractivity contribution in [1.29, 1.82) is 0 Å². The van der Waals surface area contributed by atoms with Crippen molar-refractivity contribution in [1.82, 2.24) is 4.98 Å². The Morgan fingerprint density at radius 3 is 2.32 bits per heavy atom. The second-order valence-electron chi connectivity index (χ2n) is 4.14. The van der Waals surface area contributed by atoms with Crippen LogP contribution in [0.1, 0.15) is 5.56 Å². The maximum Gasteiger partial charge on any atom is 0.419 e. The standard InChI is InChI=1S/C13H8ClF4N3O/c14-11-6-8(3-4-19-11)21-12(22)20-7-1-2-10(15)9(5-7)13(16,17)18/h1-6H,(H2,19,20,21,22). The molecule has 0 radical (unpaired) electrons. The first-order chi connectivity index (χ1) is 10.3. The van der Waals surface area contributed by atoms with Crippen LogP contribution in [-0.4, -0.2) is 11.0 Å². The maximum absolute atomic E-state index is 13.1. The quantitative estimate of drug-likeness (QED) is 0.626. The van der Waals surface area contributed by atoms with Gasteiger partial charge in [0, 0.05) is 17.6 Å². The van der Waals surface area contributed by atoms with E-state index in [9.17, 15) is 22.4 Å². The van der Waals surface area contributed by atoms with Gasteiger partial charge in [0.1, 0.15) is 11.0 Å². The average Bonchev–Trinajstić information content (AvgIpc) is 2.39. The SMILES string of the molecule is O=C(Nc1ccnc(Cl)c1)Nc1ccc(F)c(C(F)(F)F)c1. The van der Waals surface area contributed by atoms with Crippen LogP contribution in [0.2, 0.25) is 5.15 Å². The second-order valence-corrected chi connectivity index (χ2v) is 4.53. The fourth-order valence-corrected chi connectivity index (χ4v) is 1.77. The van der Waals surface area contributed by atoms with Gasteiger partial charge < -0.3 is 10.6 Å². The van der Waals surface area contributed by atoms with E-state index in [-0.39, 0.29) is 10.8 Å². The lowest BCUT2D eigenvalue weighted by Gasteiger charge is -2.11. The number of benzene rings is 1. The van der Waals surface area contributed by atoms with Crippen LogP contribution in [0.25, 0.3) is 0 Å². The summed E-state index contributed by atoms with van der Waals surface area (Å²) in [6, 6.07) is 4.14. The third-order valence-corrected chi connectivity index (χ3v) is 2.72. The summed E-state index contributed by atoms with van der Waals surface area (Å²) in [5.74, 6) is -1.42. The van der Waals surface area contributed by atoms with E-state index in [0.717, 1.165) is 6.07 Å². The molecule has 1 heterocycles. The molecule has 0 unspecified atom stereocenters. The number of carbonyl (C=O) groups excluding carboxylic acids is 1. The van der Waals surface area contributed by atoms with E-state index in [2.05, 4.69) is 15.6 Å². The molecule has 22 heavy (non-hydrogen) atoms. The van der Waals surface area contributed by atoms with Gasteiger partial charge in [-0.2, -0.15) is 13.2 Å². The molecule has 9 heteroatoms. The largest absolute Gasteiger partial charge is 0.419 e. The van der Waals surface area contributed by atoms with Gasteiger partial charge in [-0.25, -0.2) is 14.2 Å². The second kappa shape index (κ2) is 6.18. The highest BCUT2D eigenvalue weighted by Crippen LogP contribution is 2.33. The smallest absolute Gasteiger partial charge is 0.308 e. The van der Waals surface area contributed by atoms with Crippen LogP contribution in [0.15, 0.2) is 36.5 Å². The van der Waals surface area contributed by atoms with Crippen LogP contribution in [-0.2, 0) is 6.18 Å². The summed E-state index contributed by atoms with van der Waals surface area (Å²) >= 11 is 5.63. The Morgan fingerprint density at radius 2 is 1.73 bits per heavy atom. The third kappa shape index (κ3) is 4.08. The normalized spacial score (nSPS) is 11.1. The summed E-state index contributed by atoms with van der Waals surface area (Å²) in [6.45, 7) is 0. The van der Waals surface area contributed by atoms with E-state index >= 15 is 0 Å². The molecule has 1 aromatic heterocycles. The van der Waals surface area contributed by atoms with Crippen LogP contribution < -0.4 is 10.6 Å². The average molecular weight is 334 g/mol. The highest BCUT2D eigenvalue weighted by atomic mass is 35.5. The van der Waals surface area contributed by atoms with Gasteiger partial charge in [0.05, 0.1) is 5.56 Å². The maximum atomic E-state index is 13.1. The van der Waals surface area contributed by atoms with E-state index in [1.54, 1.807) is 0 Å². The number of rotatable bonds is 2. The molecule has 0 saturated carbocycles. The molecule has 2 N–H and O–H groups in total. The number of aromatic nitrogens is 1. The Hall–Kier alpha value is -2.35. The van der Waals surface area contributed by atoms with Crippen LogP contribution in [0.3, 0.4) is 0 Å². The van der Waals surface area contributed by atoms with Crippen molar-refractivity contribution in [3.8, 4) is 0 Å². The minimum atomic E-state index is -4.85. The van der Waals surface area contributed by atoms with E-state index in [4.69, 9.17) is 11.6 Å². The summed E-state index contributed by atoms with van der Waals surface area (Å²) < 4.78 is 50.8. The number of hydrogen-bond donors (Lipinski definition) is 2. The molecule has 0 spiro atoms. The molecular weight excluding hydrogens is 326 g/mol. The molecular formula is C13H8ClF4N3O. The Balaban J connectivity index is 2.12. The van der Waals surface area contributed by atoms with Gasteiger partial charge >= 0.3 is 12.2 Å². The predicted molar refractivity (Wildman–Crippen MR) is 73.3 cm³/mol. The molecule has 0 bridgehead atoms. The first-order valence-electron chi connectivity index (χ1n) is 5.82. The van der Waals surface area contributed by atoms with Gasteiger partial charge in [0.25, 0.3) is 0 Å². The third-order valence-electron chi connectivity index (χ3n) is 2.51. The van der Waals surface area contributed by atoms with Crippen molar-refractivity contribution in [2.75, 3.05) is 10.6 Å². The summed E-state index contributed by atoms with van der Waals surface area (Å²) in [5, 5.41) is 4.66. The molecule has 0 atom stereocenters. The fourth-order valence-electron chi connectivity index (χ4n) is 1.59.